The Hall–Kier alpha value is -3.23. The van der Waals surface area contributed by atoms with Crippen LogP contribution in [0.2, 0.25) is 0 Å². The molecule has 0 saturated carbocycles. The number of aromatic nitrogens is 4. The third-order valence-electron chi connectivity index (χ3n) is 3.96. The Morgan fingerprint density at radius 1 is 1.20 bits per heavy atom. The predicted molar refractivity (Wildman–Crippen MR) is 89.9 cm³/mol. The summed E-state index contributed by atoms with van der Waals surface area (Å²) in [6.45, 7) is -0.331. The van der Waals surface area contributed by atoms with E-state index in [0.29, 0.717) is 11.4 Å². The largest absolute Gasteiger partial charge is 0.368 e. The predicted octanol–water partition coefficient (Wildman–Crippen LogP) is 0.209. The fraction of sp³-hybridized carbons (Fsp3) is 0.312. The molecule has 9 nitrogen and oxygen atoms in total. The molecule has 3 rings (SSSR count). The molecule has 1 aromatic heterocycles. The average Bonchev–Trinajstić information content (AvgIpc) is 2.96. The van der Waals surface area contributed by atoms with E-state index in [4.69, 9.17) is 5.73 Å². The van der Waals surface area contributed by atoms with E-state index in [1.165, 1.54) is 0 Å². The maximum Gasteiger partial charge on any atom is 0.368 e. The summed E-state index contributed by atoms with van der Waals surface area (Å²) >= 11 is 0. The Labute approximate surface area is 143 Å². The molecule has 9 heteroatoms. The summed E-state index contributed by atoms with van der Waals surface area (Å²) in [7, 11) is 0. The molecule has 2 amide bonds. The Morgan fingerprint density at radius 3 is 2.60 bits per heavy atom. The second-order valence-electron chi connectivity index (χ2n) is 5.81. The van der Waals surface area contributed by atoms with E-state index < -0.39 is 11.6 Å². The molecular weight excluding hydrogens is 324 g/mol. The SMILES string of the molecule is NC(=O)Cn1nnn(-c2ccc(NC(=O)C3CC=CCC3)cc2)c1=O. The zero-order valence-electron chi connectivity index (χ0n) is 13.5. The summed E-state index contributed by atoms with van der Waals surface area (Å²) in [5, 5.41) is 10.2. The highest BCUT2D eigenvalue weighted by atomic mass is 16.2. The number of anilines is 1. The van der Waals surface area contributed by atoms with Gasteiger partial charge in [-0.3, -0.25) is 9.59 Å². The van der Waals surface area contributed by atoms with Crippen LogP contribution < -0.4 is 16.7 Å². The van der Waals surface area contributed by atoms with E-state index >= 15 is 0 Å². The summed E-state index contributed by atoms with van der Waals surface area (Å²) in [5.41, 5.74) is 5.59. The van der Waals surface area contributed by atoms with E-state index in [0.717, 1.165) is 28.6 Å². The van der Waals surface area contributed by atoms with Gasteiger partial charge in [-0.2, -0.15) is 9.36 Å². The van der Waals surface area contributed by atoms with Crippen molar-refractivity contribution in [3.63, 3.8) is 0 Å². The molecule has 1 aromatic carbocycles. The lowest BCUT2D eigenvalue weighted by Gasteiger charge is -2.17. The zero-order chi connectivity index (χ0) is 17.8. The molecule has 130 valence electrons. The number of carbonyl (C=O) groups is 2. The lowest BCUT2D eigenvalue weighted by molar-refractivity contribution is -0.120. The summed E-state index contributed by atoms with van der Waals surface area (Å²) in [6, 6.07) is 6.65. The number of nitrogens with two attached hydrogens (primary N) is 1. The van der Waals surface area contributed by atoms with Gasteiger partial charge in [0.15, 0.2) is 0 Å². The lowest BCUT2D eigenvalue weighted by atomic mass is 9.93. The van der Waals surface area contributed by atoms with Gasteiger partial charge in [-0.1, -0.05) is 12.2 Å². The molecule has 1 heterocycles. The molecule has 2 aromatic rings. The number of amides is 2. The van der Waals surface area contributed by atoms with Crippen LogP contribution in [0.15, 0.2) is 41.2 Å². The normalized spacial score (nSPS) is 16.6. The highest BCUT2D eigenvalue weighted by Crippen LogP contribution is 2.20. The first-order valence-electron chi connectivity index (χ1n) is 7.92. The van der Waals surface area contributed by atoms with Crippen LogP contribution >= 0.6 is 0 Å². The van der Waals surface area contributed by atoms with Crippen molar-refractivity contribution in [2.45, 2.75) is 25.8 Å². The van der Waals surface area contributed by atoms with Crippen molar-refractivity contribution in [1.82, 2.24) is 19.8 Å². The zero-order valence-corrected chi connectivity index (χ0v) is 13.5. The van der Waals surface area contributed by atoms with Gasteiger partial charge in [0, 0.05) is 11.6 Å². The van der Waals surface area contributed by atoms with Gasteiger partial charge in [-0.05, 0) is 54.0 Å². The Kier molecular flexibility index (Phi) is 4.73. The smallest absolute Gasteiger partial charge is 0.368 e. The number of rotatable bonds is 5. The topological polar surface area (TPSA) is 125 Å². The first-order valence-corrected chi connectivity index (χ1v) is 7.92. The minimum absolute atomic E-state index is 0.0123. The first kappa shape index (κ1) is 16.6. The first-order chi connectivity index (χ1) is 12.0. The number of hydrogen-bond donors (Lipinski definition) is 2. The van der Waals surface area contributed by atoms with Crippen LogP contribution in [0.4, 0.5) is 5.69 Å². The Balaban J connectivity index is 1.71. The minimum Gasteiger partial charge on any atom is -0.368 e. The number of tetrazole rings is 1. The minimum atomic E-state index is -0.676. The maximum absolute atomic E-state index is 12.2. The summed E-state index contributed by atoms with van der Waals surface area (Å²) in [4.78, 5) is 35.2. The molecule has 0 radical (unpaired) electrons. The summed E-state index contributed by atoms with van der Waals surface area (Å²) in [6.07, 6.45) is 6.63. The molecule has 0 aliphatic heterocycles. The van der Waals surface area contributed by atoms with E-state index in [1.54, 1.807) is 24.3 Å². The molecule has 0 bridgehead atoms. The molecule has 1 unspecified atom stereocenters. The Morgan fingerprint density at radius 2 is 1.96 bits per heavy atom. The molecule has 0 saturated heterocycles. The number of hydrogen-bond acceptors (Lipinski definition) is 5. The van der Waals surface area contributed by atoms with E-state index in [-0.39, 0.29) is 18.4 Å². The third kappa shape index (κ3) is 3.82. The Bertz CT molecular complexity index is 865. The molecule has 25 heavy (non-hydrogen) atoms. The van der Waals surface area contributed by atoms with Crippen molar-refractivity contribution in [2.24, 2.45) is 11.7 Å². The molecular formula is C16H18N6O3. The molecule has 0 spiro atoms. The van der Waals surface area contributed by atoms with Crippen molar-refractivity contribution in [3.05, 3.63) is 46.9 Å². The monoisotopic (exact) mass is 342 g/mol. The van der Waals surface area contributed by atoms with Gasteiger partial charge < -0.3 is 11.1 Å². The molecule has 0 fully saturated rings. The van der Waals surface area contributed by atoms with Crippen molar-refractivity contribution in [1.29, 1.82) is 0 Å². The molecule has 3 N–H and O–H groups in total. The van der Waals surface area contributed by atoms with Gasteiger partial charge in [-0.25, -0.2) is 4.79 Å². The third-order valence-corrected chi connectivity index (χ3v) is 3.96. The molecule has 1 aliphatic carbocycles. The van der Waals surface area contributed by atoms with Gasteiger partial charge >= 0.3 is 5.69 Å². The van der Waals surface area contributed by atoms with Crippen molar-refractivity contribution in [3.8, 4) is 5.69 Å². The van der Waals surface area contributed by atoms with E-state index in [9.17, 15) is 14.4 Å². The number of benzene rings is 1. The van der Waals surface area contributed by atoms with E-state index in [2.05, 4.69) is 21.8 Å². The fourth-order valence-corrected chi connectivity index (χ4v) is 2.65. The second kappa shape index (κ2) is 7.12. The van der Waals surface area contributed by atoms with Gasteiger partial charge in [0.05, 0.1) is 5.69 Å². The number of primary amides is 1. The fourth-order valence-electron chi connectivity index (χ4n) is 2.65. The molecule has 1 atom stereocenters. The van der Waals surface area contributed by atoms with Crippen LogP contribution in [0, 0.1) is 5.92 Å². The van der Waals surface area contributed by atoms with E-state index in [1.807, 2.05) is 6.08 Å². The highest BCUT2D eigenvalue weighted by Gasteiger charge is 2.18. The number of allylic oxidation sites excluding steroid dienone is 2. The van der Waals surface area contributed by atoms with Gasteiger partial charge in [0.1, 0.15) is 6.54 Å². The van der Waals surface area contributed by atoms with Crippen LogP contribution in [-0.2, 0) is 16.1 Å². The van der Waals surface area contributed by atoms with Gasteiger partial charge in [0.25, 0.3) is 0 Å². The average molecular weight is 342 g/mol. The van der Waals surface area contributed by atoms with Crippen LogP contribution in [0.1, 0.15) is 19.3 Å². The summed E-state index contributed by atoms with van der Waals surface area (Å²) < 4.78 is 1.94. The number of carbonyl (C=O) groups excluding carboxylic acids is 2. The van der Waals surface area contributed by atoms with Gasteiger partial charge in [-0.15, -0.1) is 0 Å². The quantitative estimate of drug-likeness (QED) is 0.751. The van der Waals surface area contributed by atoms with Crippen LogP contribution in [0.25, 0.3) is 5.69 Å². The standard InChI is InChI=1S/C16H18N6O3/c17-14(23)10-21-16(25)22(20-19-21)13-8-6-12(7-9-13)18-15(24)11-4-2-1-3-5-11/h1-2,6-9,11H,3-5,10H2,(H2,17,23)(H,18,24). The second-order valence-corrected chi connectivity index (χ2v) is 5.81. The summed E-state index contributed by atoms with van der Waals surface area (Å²) in [5.74, 6) is -0.701. The van der Waals surface area contributed by atoms with Crippen LogP contribution in [0.3, 0.4) is 0 Å². The number of nitrogens with one attached hydrogen (secondary N) is 1. The van der Waals surface area contributed by atoms with Crippen molar-refractivity contribution in [2.75, 3.05) is 5.32 Å². The highest BCUT2D eigenvalue weighted by molar-refractivity contribution is 5.92. The van der Waals surface area contributed by atoms with Gasteiger partial charge in [0.2, 0.25) is 11.8 Å². The van der Waals surface area contributed by atoms with Crippen molar-refractivity contribution < 1.29 is 9.59 Å². The molecule has 1 aliphatic rings. The lowest BCUT2D eigenvalue weighted by Crippen LogP contribution is -2.30. The van der Waals surface area contributed by atoms with Crippen LogP contribution in [-0.4, -0.2) is 31.6 Å². The van der Waals surface area contributed by atoms with Crippen molar-refractivity contribution >= 4 is 17.5 Å². The maximum atomic E-state index is 12.2. The number of nitrogens with zero attached hydrogens (tertiary/aromatic N) is 4. The van der Waals surface area contributed by atoms with Crippen LogP contribution in [0.5, 0.6) is 0 Å².